The van der Waals surface area contributed by atoms with Crippen molar-refractivity contribution in [1.82, 2.24) is 4.57 Å². The Labute approximate surface area is 584 Å². The summed E-state index contributed by atoms with van der Waals surface area (Å²) < 4.78 is 2.39. The minimum atomic E-state index is -0.634. The van der Waals surface area contributed by atoms with Crippen molar-refractivity contribution in [2.75, 3.05) is 9.80 Å². The van der Waals surface area contributed by atoms with Gasteiger partial charge in [0.15, 0.2) is 0 Å². The third kappa shape index (κ3) is 10.6. The van der Waals surface area contributed by atoms with Crippen LogP contribution in [0.25, 0.3) is 105 Å². The zero-order valence-electron chi connectivity index (χ0n) is 55.0. The molecule has 17 aromatic rings. The van der Waals surface area contributed by atoms with Crippen molar-refractivity contribution in [3.05, 3.63) is 429 Å². The van der Waals surface area contributed by atoms with Gasteiger partial charge in [0.2, 0.25) is 0 Å². The van der Waals surface area contributed by atoms with Gasteiger partial charge < -0.3 is 14.4 Å². The van der Waals surface area contributed by atoms with Gasteiger partial charge in [0.05, 0.1) is 16.4 Å². The number of aromatic nitrogens is 1. The normalized spacial score (nSPS) is 13.0. The first-order valence-corrected chi connectivity index (χ1v) is 34.5. The largest absolute Gasteiger partial charge is 0.311 e. The molecule has 0 aliphatic heterocycles. The third-order valence-corrected chi connectivity index (χ3v) is 20.3. The Morgan fingerprint density at radius 1 is 0.200 bits per heavy atom. The molecule has 0 spiro atoms. The fourth-order valence-electron chi connectivity index (χ4n) is 15.6. The lowest BCUT2D eigenvalue weighted by molar-refractivity contribution is 0.768. The molecule has 1 aromatic heterocycles. The molecule has 1 atom stereocenters. The molecular formula is C97H67N3. The molecule has 0 bridgehead atoms. The van der Waals surface area contributed by atoms with Crippen LogP contribution >= 0.6 is 0 Å². The summed E-state index contributed by atoms with van der Waals surface area (Å²) in [5, 5.41) is 2.49. The van der Waals surface area contributed by atoms with E-state index in [0.29, 0.717) is 0 Å². The van der Waals surface area contributed by atoms with Crippen LogP contribution in [0.2, 0.25) is 0 Å². The number of rotatable bonds is 15. The topological polar surface area (TPSA) is 11.4 Å². The van der Waals surface area contributed by atoms with Crippen LogP contribution < -0.4 is 9.80 Å². The van der Waals surface area contributed by atoms with Gasteiger partial charge in [0, 0.05) is 50.6 Å². The predicted molar refractivity (Wildman–Crippen MR) is 420 cm³/mol. The Hall–Kier alpha value is -13.1. The summed E-state index contributed by atoms with van der Waals surface area (Å²) >= 11 is 0. The molecule has 18 rings (SSSR count). The summed E-state index contributed by atoms with van der Waals surface area (Å²) in [6.07, 6.45) is 0. The van der Waals surface area contributed by atoms with Gasteiger partial charge in [-0.1, -0.05) is 303 Å². The molecule has 1 heterocycles. The number of benzene rings is 16. The van der Waals surface area contributed by atoms with Gasteiger partial charge in [0.25, 0.3) is 0 Å². The maximum Gasteiger partial charge on any atom is 0.0714 e. The Morgan fingerprint density at radius 3 is 1.06 bits per heavy atom. The zero-order valence-corrected chi connectivity index (χ0v) is 55.0. The molecule has 100 heavy (non-hydrogen) atoms. The van der Waals surface area contributed by atoms with Gasteiger partial charge in [-0.05, 0) is 203 Å². The molecule has 0 amide bonds. The van der Waals surface area contributed by atoms with E-state index >= 15 is 0 Å². The number of para-hydroxylation sites is 2. The van der Waals surface area contributed by atoms with Gasteiger partial charge in [-0.15, -0.1) is 0 Å². The highest BCUT2D eigenvalue weighted by atomic mass is 15.1. The second-order valence-electron chi connectivity index (χ2n) is 25.9. The molecule has 1 unspecified atom stereocenters. The van der Waals surface area contributed by atoms with Crippen molar-refractivity contribution in [2.45, 2.75) is 5.41 Å². The van der Waals surface area contributed by atoms with Crippen molar-refractivity contribution in [3.8, 4) is 83.6 Å². The number of nitrogens with zero attached hydrogens (tertiary/aromatic N) is 3. The van der Waals surface area contributed by atoms with Crippen LogP contribution in [0.4, 0.5) is 34.1 Å². The van der Waals surface area contributed by atoms with Crippen LogP contribution in [0.3, 0.4) is 0 Å². The van der Waals surface area contributed by atoms with Crippen LogP contribution in [0, 0.1) is 0 Å². The molecule has 1 aliphatic rings. The lowest BCUT2D eigenvalue weighted by Gasteiger charge is -2.35. The first-order chi connectivity index (χ1) is 49.6. The second kappa shape index (κ2) is 25.5. The minimum absolute atomic E-state index is 0.634. The number of hydrogen-bond donors (Lipinski definition) is 0. The summed E-state index contributed by atoms with van der Waals surface area (Å²) in [5.74, 6) is 0. The highest BCUT2D eigenvalue weighted by molar-refractivity contribution is 6.16. The van der Waals surface area contributed by atoms with Crippen molar-refractivity contribution >= 4 is 55.9 Å². The van der Waals surface area contributed by atoms with Crippen LogP contribution in [0.15, 0.2) is 406 Å². The Kier molecular flexibility index (Phi) is 15.1. The lowest BCUT2D eigenvalue weighted by Crippen LogP contribution is -2.28. The number of anilines is 6. The molecule has 3 heteroatoms. The van der Waals surface area contributed by atoms with Crippen LogP contribution in [0.5, 0.6) is 0 Å². The van der Waals surface area contributed by atoms with E-state index in [-0.39, 0.29) is 0 Å². The average molecular weight is 1270 g/mol. The summed E-state index contributed by atoms with van der Waals surface area (Å²) in [5.41, 5.74) is 30.9. The summed E-state index contributed by atoms with van der Waals surface area (Å²) in [7, 11) is 0. The molecule has 0 saturated carbocycles. The quantitative estimate of drug-likeness (QED) is 0.101. The average Bonchev–Trinajstić information content (AvgIpc) is 1.53. The predicted octanol–water partition coefficient (Wildman–Crippen LogP) is 26.1. The molecule has 0 fully saturated rings. The van der Waals surface area contributed by atoms with E-state index < -0.39 is 5.41 Å². The first kappa shape index (κ1) is 59.4. The minimum Gasteiger partial charge on any atom is -0.311 e. The van der Waals surface area contributed by atoms with E-state index in [0.717, 1.165) is 62.1 Å². The van der Waals surface area contributed by atoms with E-state index in [9.17, 15) is 0 Å². The molecule has 470 valence electrons. The summed E-state index contributed by atoms with van der Waals surface area (Å²) in [6, 6.07) is 149. The van der Waals surface area contributed by atoms with Crippen LogP contribution in [-0.2, 0) is 5.41 Å². The van der Waals surface area contributed by atoms with E-state index in [2.05, 4.69) is 421 Å². The second-order valence-corrected chi connectivity index (χ2v) is 25.9. The molecule has 1 aliphatic carbocycles. The van der Waals surface area contributed by atoms with Gasteiger partial charge >= 0.3 is 0 Å². The smallest absolute Gasteiger partial charge is 0.0714 e. The van der Waals surface area contributed by atoms with Gasteiger partial charge in [-0.3, -0.25) is 0 Å². The van der Waals surface area contributed by atoms with Gasteiger partial charge in [-0.2, -0.15) is 0 Å². The molecule has 0 saturated heterocycles. The van der Waals surface area contributed by atoms with E-state index in [1.165, 1.54) is 99.7 Å². The maximum absolute atomic E-state index is 2.47. The molecular weight excluding hydrogens is 1210 g/mol. The van der Waals surface area contributed by atoms with E-state index in [1.807, 2.05) is 0 Å². The highest BCUT2D eigenvalue weighted by Gasteiger charge is 2.46. The Balaban J connectivity index is 0.689. The van der Waals surface area contributed by atoms with E-state index in [1.54, 1.807) is 0 Å². The standard InChI is InChI=1S/C97H67N3/c1-6-22-68(23-7-1)71-42-54-82(55-43-71)98(84-62-50-76(51-63-84)88-36-21-39-95-96(88)91-35-17-19-38-94(91)100(95)81-32-14-5-15-33-81)83-60-48-75(49-61-83)78-29-20-28-77(66-78)74-40-52-80(53-41-74)97(79-30-12-4-13-31-79)92-37-18-16-34-89(92)90-65-64-87(67-93(90)97)99(85-56-44-72(45-57-85)69-24-8-2-9-25-69)86-58-46-73(47-59-86)70-26-10-3-11-27-70/h1-67H. The molecule has 0 N–H and O–H groups in total. The number of fused-ring (bicyclic) bond motifs is 6. The Morgan fingerprint density at radius 2 is 0.540 bits per heavy atom. The van der Waals surface area contributed by atoms with Crippen molar-refractivity contribution in [2.24, 2.45) is 0 Å². The third-order valence-electron chi connectivity index (χ3n) is 20.3. The Bertz CT molecular complexity index is 5670. The SMILES string of the molecule is c1ccc(-c2ccc(N(c3ccc(-c4cccc(-c5ccc(C6(c7ccccc7)c7ccccc7-c7ccc(N(c8ccc(-c9ccccc9)cc8)c8ccc(-c9ccccc9)cc8)cc76)cc5)c4)cc3)c3ccc(-c4cccc5c4c4ccccc4n5-c4ccccc4)cc3)cc2)cc1. The molecule has 3 nitrogen and oxygen atoms in total. The maximum atomic E-state index is 2.47. The molecule has 0 radical (unpaired) electrons. The lowest BCUT2D eigenvalue weighted by atomic mass is 9.67. The zero-order chi connectivity index (χ0) is 66.4. The van der Waals surface area contributed by atoms with Gasteiger partial charge in [0.1, 0.15) is 0 Å². The number of hydrogen-bond acceptors (Lipinski definition) is 2. The van der Waals surface area contributed by atoms with Crippen LogP contribution in [0.1, 0.15) is 22.3 Å². The monoisotopic (exact) mass is 1270 g/mol. The molecule has 16 aromatic carbocycles. The fourth-order valence-corrected chi connectivity index (χ4v) is 15.6. The fraction of sp³-hybridized carbons (Fsp3) is 0.0103. The van der Waals surface area contributed by atoms with E-state index in [4.69, 9.17) is 0 Å². The summed E-state index contributed by atoms with van der Waals surface area (Å²) in [4.78, 5) is 4.79. The van der Waals surface area contributed by atoms with Crippen molar-refractivity contribution in [1.29, 1.82) is 0 Å². The summed E-state index contributed by atoms with van der Waals surface area (Å²) in [6.45, 7) is 0. The van der Waals surface area contributed by atoms with Crippen molar-refractivity contribution in [3.63, 3.8) is 0 Å². The first-order valence-electron chi connectivity index (χ1n) is 34.5. The highest BCUT2D eigenvalue weighted by Crippen LogP contribution is 2.58. The van der Waals surface area contributed by atoms with Gasteiger partial charge in [-0.25, -0.2) is 0 Å². The van der Waals surface area contributed by atoms with Crippen LogP contribution in [-0.4, -0.2) is 4.57 Å². The van der Waals surface area contributed by atoms with Crippen molar-refractivity contribution < 1.29 is 0 Å².